The Morgan fingerprint density at radius 2 is 1.86 bits per heavy atom. The second-order valence-corrected chi connectivity index (χ2v) is 5.20. The van der Waals surface area contributed by atoms with Crippen LogP contribution in [0.4, 0.5) is 10.1 Å². The van der Waals surface area contributed by atoms with Gasteiger partial charge in [0.2, 0.25) is 0 Å². The molecule has 2 N–H and O–H groups in total. The third-order valence-corrected chi connectivity index (χ3v) is 3.47. The molecule has 0 spiro atoms. The maximum Gasteiger partial charge on any atom is 0.123 e. The van der Waals surface area contributed by atoms with Crippen molar-refractivity contribution in [3.63, 3.8) is 0 Å². The second-order valence-electron chi connectivity index (χ2n) is 5.20. The van der Waals surface area contributed by atoms with Crippen molar-refractivity contribution in [2.45, 2.75) is 19.5 Å². The minimum Gasteiger partial charge on any atom is -0.497 e. The Kier molecular flexibility index (Phi) is 4.81. The van der Waals surface area contributed by atoms with E-state index in [-0.39, 0.29) is 11.9 Å². The van der Waals surface area contributed by atoms with Gasteiger partial charge in [-0.2, -0.15) is 0 Å². The van der Waals surface area contributed by atoms with Crippen molar-refractivity contribution in [2.75, 3.05) is 19.1 Å². The first kappa shape index (κ1) is 15.3. The summed E-state index contributed by atoms with van der Waals surface area (Å²) in [6.07, 6.45) is 0. The highest BCUT2D eigenvalue weighted by Crippen LogP contribution is 2.26. The Labute approximate surface area is 125 Å². The van der Waals surface area contributed by atoms with Gasteiger partial charge in [-0.25, -0.2) is 4.39 Å². The zero-order chi connectivity index (χ0) is 15.4. The lowest BCUT2D eigenvalue weighted by atomic mass is 10.1. The minimum atomic E-state index is -0.260. The van der Waals surface area contributed by atoms with Crippen LogP contribution >= 0.6 is 0 Å². The predicted molar refractivity (Wildman–Crippen MR) is 84.1 cm³/mol. The summed E-state index contributed by atoms with van der Waals surface area (Å²) < 4.78 is 18.5. The van der Waals surface area contributed by atoms with Crippen molar-refractivity contribution < 1.29 is 9.13 Å². The Morgan fingerprint density at radius 1 is 1.19 bits per heavy atom. The van der Waals surface area contributed by atoms with Crippen LogP contribution < -0.4 is 15.4 Å². The van der Waals surface area contributed by atoms with Crippen LogP contribution in [0, 0.1) is 5.82 Å². The normalized spacial score (nSPS) is 12.0. The molecular formula is C17H21FN2O. The molecule has 0 amide bonds. The van der Waals surface area contributed by atoms with Gasteiger partial charge in [0.15, 0.2) is 0 Å². The molecule has 0 heterocycles. The first-order valence-corrected chi connectivity index (χ1v) is 6.90. The van der Waals surface area contributed by atoms with Gasteiger partial charge in [0, 0.05) is 25.3 Å². The van der Waals surface area contributed by atoms with Crippen molar-refractivity contribution in [1.29, 1.82) is 0 Å². The standard InChI is InChI=1S/C17H21FN2O/c1-12(19)16-10-14(18)6-9-17(16)20(2)11-13-4-7-15(21-3)8-5-13/h4-10,12H,11,19H2,1-3H3/t12-/m1/s1. The lowest BCUT2D eigenvalue weighted by Gasteiger charge is -2.24. The van der Waals surface area contributed by atoms with Crippen LogP contribution in [0.5, 0.6) is 5.75 Å². The van der Waals surface area contributed by atoms with E-state index in [0.29, 0.717) is 0 Å². The number of methoxy groups -OCH3 is 1. The number of hydrogen-bond acceptors (Lipinski definition) is 3. The lowest BCUT2D eigenvalue weighted by molar-refractivity contribution is 0.414. The summed E-state index contributed by atoms with van der Waals surface area (Å²) in [4.78, 5) is 2.07. The molecule has 4 heteroatoms. The fourth-order valence-corrected chi connectivity index (χ4v) is 2.33. The Hall–Kier alpha value is -2.07. The molecule has 2 aromatic rings. The highest BCUT2D eigenvalue weighted by molar-refractivity contribution is 5.55. The fourth-order valence-electron chi connectivity index (χ4n) is 2.33. The van der Waals surface area contributed by atoms with Crippen LogP contribution in [0.25, 0.3) is 0 Å². The van der Waals surface area contributed by atoms with Crippen molar-refractivity contribution in [2.24, 2.45) is 5.73 Å². The van der Waals surface area contributed by atoms with E-state index in [1.807, 2.05) is 38.2 Å². The molecule has 0 bridgehead atoms. The Balaban J connectivity index is 2.21. The molecule has 3 nitrogen and oxygen atoms in total. The van der Waals surface area contributed by atoms with Crippen molar-refractivity contribution in [3.05, 3.63) is 59.4 Å². The van der Waals surface area contributed by atoms with E-state index in [4.69, 9.17) is 10.5 Å². The van der Waals surface area contributed by atoms with E-state index in [2.05, 4.69) is 4.90 Å². The highest BCUT2D eigenvalue weighted by atomic mass is 19.1. The molecule has 0 saturated heterocycles. The number of halogens is 1. The maximum atomic E-state index is 13.4. The van der Waals surface area contributed by atoms with Crippen molar-refractivity contribution in [1.82, 2.24) is 0 Å². The molecule has 112 valence electrons. The van der Waals surface area contributed by atoms with E-state index in [1.54, 1.807) is 13.2 Å². The minimum absolute atomic E-state index is 0.214. The highest BCUT2D eigenvalue weighted by Gasteiger charge is 2.12. The zero-order valence-electron chi connectivity index (χ0n) is 12.6. The number of hydrogen-bond donors (Lipinski definition) is 1. The van der Waals surface area contributed by atoms with E-state index in [1.165, 1.54) is 12.1 Å². The van der Waals surface area contributed by atoms with Crippen LogP contribution in [-0.4, -0.2) is 14.2 Å². The van der Waals surface area contributed by atoms with Crippen molar-refractivity contribution in [3.8, 4) is 5.75 Å². The first-order valence-electron chi connectivity index (χ1n) is 6.90. The van der Waals surface area contributed by atoms with Crippen molar-refractivity contribution >= 4 is 5.69 Å². The third kappa shape index (κ3) is 3.73. The molecule has 0 aliphatic heterocycles. The van der Waals surface area contributed by atoms with Crippen LogP contribution in [-0.2, 0) is 6.54 Å². The van der Waals surface area contributed by atoms with Gasteiger partial charge in [-0.1, -0.05) is 12.1 Å². The SMILES string of the molecule is COc1ccc(CN(C)c2ccc(F)cc2[C@@H](C)N)cc1. The molecule has 2 rings (SSSR count). The van der Waals surface area contributed by atoms with Gasteiger partial charge in [0.25, 0.3) is 0 Å². The second kappa shape index (κ2) is 6.59. The maximum absolute atomic E-state index is 13.4. The average molecular weight is 288 g/mol. The number of nitrogens with zero attached hydrogens (tertiary/aromatic N) is 1. The molecule has 2 aromatic carbocycles. The van der Waals surface area contributed by atoms with E-state index < -0.39 is 0 Å². The Morgan fingerprint density at radius 3 is 2.43 bits per heavy atom. The predicted octanol–water partition coefficient (Wildman–Crippen LogP) is 3.49. The summed E-state index contributed by atoms with van der Waals surface area (Å²) in [7, 11) is 3.62. The van der Waals surface area contributed by atoms with Gasteiger partial charge < -0.3 is 15.4 Å². The van der Waals surface area contributed by atoms with Crippen LogP contribution in [0.1, 0.15) is 24.1 Å². The summed E-state index contributed by atoms with van der Waals surface area (Å²) in [6.45, 7) is 2.58. The average Bonchev–Trinajstić information content (AvgIpc) is 2.47. The van der Waals surface area contributed by atoms with Gasteiger partial charge in [-0.15, -0.1) is 0 Å². The van der Waals surface area contributed by atoms with E-state index in [9.17, 15) is 4.39 Å². The summed E-state index contributed by atoms with van der Waals surface area (Å²) >= 11 is 0. The molecule has 1 atom stereocenters. The summed E-state index contributed by atoms with van der Waals surface area (Å²) in [6, 6.07) is 12.4. The number of nitrogens with two attached hydrogens (primary N) is 1. The first-order chi connectivity index (χ1) is 10.0. The van der Waals surface area contributed by atoms with Crippen LogP contribution in [0.2, 0.25) is 0 Å². The van der Waals surface area contributed by atoms with Gasteiger partial charge in [-0.3, -0.25) is 0 Å². The fraction of sp³-hybridized carbons (Fsp3) is 0.294. The number of anilines is 1. The molecule has 0 aromatic heterocycles. The smallest absolute Gasteiger partial charge is 0.123 e. The molecule has 0 unspecified atom stereocenters. The van der Waals surface area contributed by atoms with Crippen LogP contribution in [0.15, 0.2) is 42.5 Å². The van der Waals surface area contributed by atoms with E-state index in [0.717, 1.165) is 29.1 Å². The van der Waals surface area contributed by atoms with Gasteiger partial charge in [-0.05, 0) is 48.4 Å². The molecular weight excluding hydrogens is 267 g/mol. The Bertz CT molecular complexity index is 596. The molecule has 0 aliphatic rings. The summed E-state index contributed by atoms with van der Waals surface area (Å²) in [5, 5.41) is 0. The number of rotatable bonds is 5. The van der Waals surface area contributed by atoms with E-state index >= 15 is 0 Å². The quantitative estimate of drug-likeness (QED) is 0.915. The largest absolute Gasteiger partial charge is 0.497 e. The third-order valence-electron chi connectivity index (χ3n) is 3.47. The monoisotopic (exact) mass is 288 g/mol. The van der Waals surface area contributed by atoms with Crippen LogP contribution in [0.3, 0.4) is 0 Å². The topological polar surface area (TPSA) is 38.5 Å². The summed E-state index contributed by atoms with van der Waals surface area (Å²) in [5.74, 6) is 0.573. The molecule has 21 heavy (non-hydrogen) atoms. The van der Waals surface area contributed by atoms with Gasteiger partial charge >= 0.3 is 0 Å². The molecule has 0 aliphatic carbocycles. The number of benzene rings is 2. The lowest BCUT2D eigenvalue weighted by Crippen LogP contribution is -2.20. The zero-order valence-corrected chi connectivity index (χ0v) is 12.6. The molecule has 0 saturated carbocycles. The molecule has 0 fully saturated rings. The molecule has 0 radical (unpaired) electrons. The van der Waals surface area contributed by atoms with Gasteiger partial charge in [0.1, 0.15) is 11.6 Å². The van der Waals surface area contributed by atoms with Gasteiger partial charge in [0.05, 0.1) is 7.11 Å². The summed E-state index contributed by atoms with van der Waals surface area (Å²) in [5.41, 5.74) is 8.85. The number of ether oxygens (including phenoxy) is 1.